The Morgan fingerprint density at radius 1 is 0.442 bits per heavy atom. The van der Waals surface area contributed by atoms with E-state index in [1.54, 1.807) is 0 Å². The Bertz CT molecular complexity index is 1370. The number of rotatable bonds is 62. The Balaban J connectivity index is 5.04. The van der Waals surface area contributed by atoms with Crippen LogP contribution < -0.4 is 5.32 Å². The Hall–Kier alpha value is -1.51. The predicted molar refractivity (Wildman–Crippen MR) is 333 cm³/mol. The number of allylic oxidation sites excluding steroid dienone is 3. The molecule has 0 aromatic heterocycles. The summed E-state index contributed by atoms with van der Waals surface area (Å²) < 4.78 is 30.8. The van der Waals surface area contributed by atoms with Crippen LogP contribution in [0.25, 0.3) is 0 Å². The predicted octanol–water partition coefficient (Wildman–Crippen LogP) is 20.9. The Morgan fingerprint density at radius 2 is 0.753 bits per heavy atom. The smallest absolute Gasteiger partial charge is 0.456 e. The van der Waals surface area contributed by atoms with Gasteiger partial charge in [-0.1, -0.05) is 296 Å². The van der Waals surface area contributed by atoms with Gasteiger partial charge in [-0.3, -0.25) is 18.6 Å². The minimum absolute atomic E-state index is 0.0445. The summed E-state index contributed by atoms with van der Waals surface area (Å²) in [6.07, 6.45) is 69.0. The minimum atomic E-state index is -4.44. The molecule has 77 heavy (non-hydrogen) atoms. The zero-order valence-electron chi connectivity index (χ0n) is 52.2. The Kier molecular flexibility index (Phi) is 56.6. The second-order valence-corrected chi connectivity index (χ2v) is 25.8. The molecule has 0 aliphatic rings. The first-order chi connectivity index (χ1) is 37.4. The van der Waals surface area contributed by atoms with E-state index < -0.39 is 20.0 Å². The fourth-order valence-corrected chi connectivity index (χ4v) is 10.9. The number of nitrogens with zero attached hydrogens (tertiary/aromatic N) is 1. The summed E-state index contributed by atoms with van der Waals surface area (Å²) in [5.41, 5.74) is 0. The molecule has 0 aromatic carbocycles. The van der Waals surface area contributed by atoms with E-state index in [-0.39, 0.29) is 25.1 Å². The second kappa shape index (κ2) is 57.7. The fourth-order valence-electron chi connectivity index (χ4n) is 10.2. The molecule has 456 valence electrons. The van der Waals surface area contributed by atoms with Gasteiger partial charge in [0.05, 0.1) is 33.8 Å². The number of phosphoric acid groups is 1. The number of esters is 1. The van der Waals surface area contributed by atoms with Gasteiger partial charge in [0.25, 0.3) is 0 Å². The summed E-state index contributed by atoms with van der Waals surface area (Å²) in [7, 11) is 1.52. The van der Waals surface area contributed by atoms with E-state index in [0.717, 1.165) is 57.8 Å². The molecule has 0 spiro atoms. The van der Waals surface area contributed by atoms with Gasteiger partial charge in [0.15, 0.2) is 0 Å². The molecule has 0 saturated carbocycles. The van der Waals surface area contributed by atoms with E-state index in [1.165, 1.54) is 250 Å². The zero-order chi connectivity index (χ0) is 56.4. The third-order valence-electron chi connectivity index (χ3n) is 15.4. The summed E-state index contributed by atoms with van der Waals surface area (Å²) >= 11 is 0. The number of carbonyl (C=O) groups excluding carboxylic acids is 2. The van der Waals surface area contributed by atoms with Crippen molar-refractivity contribution in [1.82, 2.24) is 5.32 Å². The van der Waals surface area contributed by atoms with Gasteiger partial charge in [0.1, 0.15) is 19.3 Å². The van der Waals surface area contributed by atoms with Crippen molar-refractivity contribution >= 4 is 19.7 Å². The lowest BCUT2D eigenvalue weighted by atomic mass is 10.0. The highest BCUT2D eigenvalue weighted by Crippen LogP contribution is 2.43. The van der Waals surface area contributed by atoms with Crippen LogP contribution in [0.2, 0.25) is 0 Å². The average Bonchev–Trinajstić information content (AvgIpc) is 3.39. The molecule has 0 rings (SSSR count). The lowest BCUT2D eigenvalue weighted by Gasteiger charge is -2.27. The molecule has 2 N–H and O–H groups in total. The topological polar surface area (TPSA) is 111 Å². The molecule has 0 radical (unpaired) electrons. The molecule has 3 atom stereocenters. The highest BCUT2D eigenvalue weighted by Gasteiger charge is 2.30. The summed E-state index contributed by atoms with van der Waals surface area (Å²) in [4.78, 5) is 37.8. The van der Waals surface area contributed by atoms with Gasteiger partial charge >= 0.3 is 13.8 Å². The maximum Gasteiger partial charge on any atom is 0.472 e. The maximum absolute atomic E-state index is 13.6. The molecule has 1 amide bonds. The minimum Gasteiger partial charge on any atom is -0.456 e. The van der Waals surface area contributed by atoms with E-state index in [9.17, 15) is 19.0 Å². The molecular formula is C67H132N2O7P+. The number of unbranched alkanes of at least 4 members (excludes halogenated alkanes) is 44. The van der Waals surface area contributed by atoms with Crippen molar-refractivity contribution in [3.63, 3.8) is 0 Å². The number of phosphoric ester groups is 1. The number of quaternary nitrogens is 1. The van der Waals surface area contributed by atoms with Crippen molar-refractivity contribution in [3.8, 4) is 0 Å². The largest absolute Gasteiger partial charge is 0.472 e. The number of nitrogens with one attached hydrogen (secondary N) is 1. The molecule has 0 fully saturated rings. The summed E-state index contributed by atoms with van der Waals surface area (Å²) in [5.74, 6) is -0.485. The number of ether oxygens (including phenoxy) is 1. The van der Waals surface area contributed by atoms with Crippen LogP contribution in [0.3, 0.4) is 0 Å². The number of carbonyl (C=O) groups is 2. The summed E-state index contributed by atoms with van der Waals surface area (Å²) in [6, 6.07) is -0.842. The standard InChI is InChI=1S/C67H131N2O7P/c1-7-10-13-16-19-22-25-28-29-30-31-32-33-34-35-36-37-38-39-42-44-47-50-53-56-59-66(70)68-64(63-75-77(72,73)74-62-61-69(4,5)6)65(58-55-52-49-46-43-40-26-23-20-17-14-11-8-2)76-67(71)60-57-54-51-48-45-41-27-24-21-18-15-12-9-3/h28-29,55,58,64-65H,7-27,30-54,56-57,59-63H2,1-6H3,(H-,68,70,72,73)/p+1/b29-28+,58-55-. The van der Waals surface area contributed by atoms with Gasteiger partial charge in [-0.2, -0.15) is 0 Å². The molecule has 3 unspecified atom stereocenters. The van der Waals surface area contributed by atoms with Crippen LogP contribution in [-0.2, 0) is 27.9 Å². The van der Waals surface area contributed by atoms with Crippen LogP contribution >= 0.6 is 7.82 Å². The number of likely N-dealkylation sites (N-methyl/N-ethyl adjacent to an activating group) is 1. The van der Waals surface area contributed by atoms with Crippen molar-refractivity contribution in [2.75, 3.05) is 40.9 Å². The van der Waals surface area contributed by atoms with E-state index >= 15 is 0 Å². The maximum atomic E-state index is 13.6. The van der Waals surface area contributed by atoms with E-state index in [0.29, 0.717) is 23.9 Å². The van der Waals surface area contributed by atoms with Gasteiger partial charge in [0, 0.05) is 12.8 Å². The number of hydrogen-bond acceptors (Lipinski definition) is 6. The third-order valence-corrected chi connectivity index (χ3v) is 16.4. The molecule has 0 bridgehead atoms. The number of hydrogen-bond donors (Lipinski definition) is 2. The molecule has 0 saturated heterocycles. The molecule has 0 aliphatic carbocycles. The first kappa shape index (κ1) is 75.5. The van der Waals surface area contributed by atoms with E-state index in [4.69, 9.17) is 13.8 Å². The molecule has 10 heteroatoms. The first-order valence-corrected chi connectivity index (χ1v) is 35.2. The molecule has 0 aromatic rings. The van der Waals surface area contributed by atoms with Gasteiger partial charge < -0.3 is 19.4 Å². The van der Waals surface area contributed by atoms with Gasteiger partial charge in [0.2, 0.25) is 5.91 Å². The van der Waals surface area contributed by atoms with Crippen LogP contribution in [0, 0.1) is 0 Å². The number of amides is 1. The summed E-state index contributed by atoms with van der Waals surface area (Å²) in [6.45, 7) is 7.06. The van der Waals surface area contributed by atoms with E-state index in [2.05, 4.69) is 38.2 Å². The lowest BCUT2D eigenvalue weighted by Crippen LogP contribution is -2.47. The summed E-state index contributed by atoms with van der Waals surface area (Å²) in [5, 5.41) is 3.07. The van der Waals surface area contributed by atoms with Crippen molar-refractivity contribution < 1.29 is 37.3 Å². The van der Waals surface area contributed by atoms with Gasteiger partial charge in [-0.15, -0.1) is 0 Å². The zero-order valence-corrected chi connectivity index (χ0v) is 53.1. The van der Waals surface area contributed by atoms with Crippen molar-refractivity contribution in [1.29, 1.82) is 0 Å². The van der Waals surface area contributed by atoms with Crippen molar-refractivity contribution in [2.24, 2.45) is 0 Å². The van der Waals surface area contributed by atoms with Crippen LogP contribution in [0.1, 0.15) is 342 Å². The Morgan fingerprint density at radius 3 is 1.10 bits per heavy atom. The normalized spacial score (nSPS) is 13.7. The molecule has 9 nitrogen and oxygen atoms in total. The SMILES string of the molecule is CCCCCCCC/C=C/CCCCCCCCCCCCCCCCCC(=O)NC(COP(=O)(O)OCC[N+](C)(C)C)C(/C=C\CCCCCCCCCCCCC)OC(=O)CCCCCCCCCCCCCCC. The van der Waals surface area contributed by atoms with Crippen LogP contribution in [0.4, 0.5) is 0 Å². The molecule has 0 aliphatic heterocycles. The first-order valence-electron chi connectivity index (χ1n) is 33.7. The van der Waals surface area contributed by atoms with Crippen LogP contribution in [0.5, 0.6) is 0 Å². The highest BCUT2D eigenvalue weighted by atomic mass is 31.2. The van der Waals surface area contributed by atoms with Crippen molar-refractivity contribution in [3.05, 3.63) is 24.3 Å². The quantitative estimate of drug-likeness (QED) is 0.0205. The highest BCUT2D eigenvalue weighted by molar-refractivity contribution is 7.47. The van der Waals surface area contributed by atoms with Gasteiger partial charge in [-0.25, -0.2) is 4.57 Å². The molecule has 0 heterocycles. The van der Waals surface area contributed by atoms with Crippen LogP contribution in [0.15, 0.2) is 24.3 Å². The second-order valence-electron chi connectivity index (χ2n) is 24.4. The monoisotopic (exact) mass is 1110 g/mol. The fraction of sp³-hybridized carbons (Fsp3) is 0.910. The van der Waals surface area contributed by atoms with Crippen molar-refractivity contribution in [2.45, 2.75) is 354 Å². The average molecular weight is 1110 g/mol. The third kappa shape index (κ3) is 58.9. The van der Waals surface area contributed by atoms with E-state index in [1.807, 2.05) is 33.3 Å². The molecular weight excluding hydrogens is 976 g/mol. The van der Waals surface area contributed by atoms with Crippen LogP contribution in [-0.4, -0.2) is 74.3 Å². The lowest BCUT2D eigenvalue weighted by molar-refractivity contribution is -0.870. The van der Waals surface area contributed by atoms with Gasteiger partial charge in [-0.05, 0) is 57.4 Å². The Labute approximate surface area is 479 Å².